The summed E-state index contributed by atoms with van der Waals surface area (Å²) in [5.74, 6) is 0.0842. The van der Waals surface area contributed by atoms with Gasteiger partial charge in [0.15, 0.2) is 5.69 Å². The van der Waals surface area contributed by atoms with E-state index in [1.165, 1.54) is 5.69 Å². The molecular weight excluding hydrogens is 430 g/mol. The smallest absolute Gasteiger partial charge is 0.274 e. The molecule has 1 aromatic carbocycles. The summed E-state index contributed by atoms with van der Waals surface area (Å²) in [6.07, 6.45) is 11.8. The second kappa shape index (κ2) is 7.78. The lowest BCUT2D eigenvalue weighted by molar-refractivity contribution is 0.0687. The minimum Gasteiger partial charge on any atom is -0.337 e. The van der Waals surface area contributed by atoms with Gasteiger partial charge in [-0.25, -0.2) is 9.67 Å². The van der Waals surface area contributed by atoms with Crippen molar-refractivity contribution in [2.24, 2.45) is 0 Å². The van der Waals surface area contributed by atoms with Gasteiger partial charge < -0.3 is 9.47 Å². The van der Waals surface area contributed by atoms with E-state index in [1.54, 1.807) is 0 Å². The fourth-order valence-corrected chi connectivity index (χ4v) is 4.98. The summed E-state index contributed by atoms with van der Waals surface area (Å²) in [4.78, 5) is 19.5. The molecule has 29 heavy (non-hydrogen) atoms. The molecule has 0 N–H and O–H groups in total. The molecule has 0 radical (unpaired) electrons. The number of amides is 1. The van der Waals surface area contributed by atoms with Gasteiger partial charge in [0.1, 0.15) is 0 Å². The molecule has 2 aromatic heterocycles. The highest BCUT2D eigenvalue weighted by atomic mass is 79.9. The third-order valence-corrected chi connectivity index (χ3v) is 6.63. The molecule has 150 valence electrons. The molecule has 7 heteroatoms. The average molecular weight is 454 g/mol. The SMILES string of the molecule is O=C(c1nn(-c2cccc(Br)c2)c2c1CCCC2)N1CCC(n2ccnc2)CC1. The maximum Gasteiger partial charge on any atom is 0.274 e. The van der Waals surface area contributed by atoms with Crippen molar-refractivity contribution in [3.8, 4) is 5.69 Å². The van der Waals surface area contributed by atoms with Crippen LogP contribution in [0.3, 0.4) is 0 Å². The van der Waals surface area contributed by atoms with Gasteiger partial charge in [-0.1, -0.05) is 22.0 Å². The minimum absolute atomic E-state index is 0.0842. The van der Waals surface area contributed by atoms with Crippen LogP contribution < -0.4 is 0 Å². The molecule has 0 unspecified atom stereocenters. The number of aromatic nitrogens is 4. The van der Waals surface area contributed by atoms with Crippen molar-refractivity contribution >= 4 is 21.8 Å². The van der Waals surface area contributed by atoms with Gasteiger partial charge in [0.25, 0.3) is 5.91 Å². The zero-order valence-corrected chi connectivity index (χ0v) is 17.9. The van der Waals surface area contributed by atoms with E-state index in [1.807, 2.05) is 40.4 Å². The van der Waals surface area contributed by atoms with Crippen molar-refractivity contribution in [3.05, 3.63) is 64.4 Å². The minimum atomic E-state index is 0.0842. The summed E-state index contributed by atoms with van der Waals surface area (Å²) in [6.45, 7) is 1.53. The molecule has 1 amide bonds. The fraction of sp³-hybridized carbons (Fsp3) is 0.409. The Labute approximate surface area is 178 Å². The first kappa shape index (κ1) is 18.6. The van der Waals surface area contributed by atoms with E-state index in [2.05, 4.69) is 37.6 Å². The van der Waals surface area contributed by atoms with Crippen LogP contribution in [-0.4, -0.2) is 43.2 Å². The van der Waals surface area contributed by atoms with Crippen LogP contribution in [0.25, 0.3) is 5.69 Å². The van der Waals surface area contributed by atoms with Gasteiger partial charge in [-0.05, 0) is 56.7 Å². The summed E-state index contributed by atoms with van der Waals surface area (Å²) in [5, 5.41) is 4.84. The first-order chi connectivity index (χ1) is 14.2. The number of carbonyl (C=O) groups excluding carboxylic acids is 1. The third kappa shape index (κ3) is 3.52. The van der Waals surface area contributed by atoms with E-state index in [-0.39, 0.29) is 5.91 Å². The lowest BCUT2D eigenvalue weighted by Gasteiger charge is -2.32. The van der Waals surface area contributed by atoms with Crippen molar-refractivity contribution in [1.29, 1.82) is 0 Å². The first-order valence-corrected chi connectivity index (χ1v) is 11.1. The molecule has 0 bridgehead atoms. The normalized spacial score (nSPS) is 17.3. The van der Waals surface area contributed by atoms with Crippen LogP contribution in [0.4, 0.5) is 0 Å². The van der Waals surface area contributed by atoms with Crippen LogP contribution in [-0.2, 0) is 12.8 Å². The number of hydrogen-bond donors (Lipinski definition) is 0. The number of hydrogen-bond acceptors (Lipinski definition) is 3. The van der Waals surface area contributed by atoms with Crippen molar-refractivity contribution in [2.45, 2.75) is 44.6 Å². The van der Waals surface area contributed by atoms with Gasteiger partial charge in [-0.3, -0.25) is 4.79 Å². The van der Waals surface area contributed by atoms with Gasteiger partial charge in [0.2, 0.25) is 0 Å². The number of halogens is 1. The second-order valence-corrected chi connectivity index (χ2v) is 8.82. The van der Waals surface area contributed by atoms with E-state index in [4.69, 9.17) is 5.10 Å². The monoisotopic (exact) mass is 453 g/mol. The molecule has 2 aliphatic rings. The quantitative estimate of drug-likeness (QED) is 0.597. The molecule has 3 aromatic rings. The van der Waals surface area contributed by atoms with Crippen molar-refractivity contribution < 1.29 is 4.79 Å². The van der Waals surface area contributed by atoms with Gasteiger partial charge >= 0.3 is 0 Å². The van der Waals surface area contributed by atoms with Crippen molar-refractivity contribution in [3.63, 3.8) is 0 Å². The summed E-state index contributed by atoms with van der Waals surface area (Å²) < 4.78 is 5.17. The fourth-order valence-electron chi connectivity index (χ4n) is 4.59. The Bertz CT molecular complexity index is 1020. The summed E-state index contributed by atoms with van der Waals surface area (Å²) in [5.41, 5.74) is 4.01. The Balaban J connectivity index is 1.41. The maximum absolute atomic E-state index is 13.4. The molecule has 1 aliphatic carbocycles. The van der Waals surface area contributed by atoms with Crippen LogP contribution in [0.15, 0.2) is 47.5 Å². The van der Waals surface area contributed by atoms with Crippen molar-refractivity contribution in [1.82, 2.24) is 24.2 Å². The molecule has 1 saturated heterocycles. The average Bonchev–Trinajstić information content (AvgIpc) is 3.42. The van der Waals surface area contributed by atoms with Crippen molar-refractivity contribution in [2.75, 3.05) is 13.1 Å². The molecule has 1 fully saturated rings. The summed E-state index contributed by atoms with van der Waals surface area (Å²) in [7, 11) is 0. The Morgan fingerprint density at radius 2 is 1.97 bits per heavy atom. The number of nitrogens with zero attached hydrogens (tertiary/aromatic N) is 5. The van der Waals surface area contributed by atoms with Crippen LogP contribution in [0.1, 0.15) is 53.5 Å². The summed E-state index contributed by atoms with van der Waals surface area (Å²) >= 11 is 3.55. The lowest BCUT2D eigenvalue weighted by atomic mass is 9.95. The van der Waals surface area contributed by atoms with E-state index in [0.717, 1.165) is 67.3 Å². The lowest BCUT2D eigenvalue weighted by Crippen LogP contribution is -2.39. The van der Waals surface area contributed by atoms with Gasteiger partial charge in [0.05, 0.1) is 12.0 Å². The van der Waals surface area contributed by atoms with Crippen LogP contribution in [0.2, 0.25) is 0 Å². The van der Waals surface area contributed by atoms with E-state index >= 15 is 0 Å². The molecule has 6 nitrogen and oxygen atoms in total. The molecule has 0 saturated carbocycles. The van der Waals surface area contributed by atoms with E-state index in [0.29, 0.717) is 11.7 Å². The first-order valence-electron chi connectivity index (χ1n) is 10.3. The zero-order valence-electron chi connectivity index (χ0n) is 16.3. The Kier molecular flexibility index (Phi) is 4.99. The van der Waals surface area contributed by atoms with Gasteiger partial charge in [-0.2, -0.15) is 5.10 Å². The topological polar surface area (TPSA) is 56.0 Å². The Morgan fingerprint density at radius 3 is 2.72 bits per heavy atom. The maximum atomic E-state index is 13.4. The highest BCUT2D eigenvalue weighted by Gasteiger charge is 2.31. The molecule has 5 rings (SSSR count). The molecule has 0 spiro atoms. The second-order valence-electron chi connectivity index (χ2n) is 7.91. The predicted molar refractivity (Wildman–Crippen MR) is 114 cm³/mol. The van der Waals surface area contributed by atoms with Gasteiger partial charge in [-0.15, -0.1) is 0 Å². The summed E-state index contributed by atoms with van der Waals surface area (Å²) in [6, 6.07) is 8.56. The number of fused-ring (bicyclic) bond motifs is 1. The Morgan fingerprint density at radius 1 is 1.14 bits per heavy atom. The standard InChI is InChI=1S/C22H24BrN5O/c23-16-4-3-5-18(14-16)28-20-7-2-1-6-19(20)21(25-28)22(29)26-11-8-17(9-12-26)27-13-10-24-15-27/h3-5,10,13-15,17H,1-2,6-9,11-12H2. The number of piperidine rings is 1. The molecular formula is C22H24BrN5O. The number of carbonyl (C=O) groups is 1. The zero-order chi connectivity index (χ0) is 19.8. The van der Waals surface area contributed by atoms with Crippen LogP contribution in [0.5, 0.6) is 0 Å². The van der Waals surface area contributed by atoms with E-state index in [9.17, 15) is 4.79 Å². The number of likely N-dealkylation sites (tertiary alicyclic amines) is 1. The third-order valence-electron chi connectivity index (χ3n) is 6.13. The largest absolute Gasteiger partial charge is 0.337 e. The Hall–Kier alpha value is -2.41. The highest BCUT2D eigenvalue weighted by Crippen LogP contribution is 2.30. The van der Waals surface area contributed by atoms with Gasteiger partial charge in [0, 0.05) is 47.3 Å². The molecule has 1 aliphatic heterocycles. The number of rotatable bonds is 3. The molecule has 0 atom stereocenters. The van der Waals surface area contributed by atoms with Crippen LogP contribution >= 0.6 is 15.9 Å². The highest BCUT2D eigenvalue weighted by molar-refractivity contribution is 9.10. The molecule has 3 heterocycles. The van der Waals surface area contributed by atoms with E-state index < -0.39 is 0 Å². The number of imidazole rings is 1. The van der Waals surface area contributed by atoms with Crippen LogP contribution in [0, 0.1) is 0 Å². The number of benzene rings is 1. The predicted octanol–water partition coefficient (Wildman–Crippen LogP) is 4.19.